The van der Waals surface area contributed by atoms with Crippen molar-refractivity contribution in [3.05, 3.63) is 71.3 Å². The molecule has 7 nitrogen and oxygen atoms in total. The fourth-order valence-electron chi connectivity index (χ4n) is 4.12. The van der Waals surface area contributed by atoms with Gasteiger partial charge in [-0.15, -0.1) is 10.2 Å². The topological polar surface area (TPSA) is 78.3 Å². The zero-order valence-corrected chi connectivity index (χ0v) is 16.7. The number of hydrogen-bond acceptors (Lipinski definition) is 5. The van der Waals surface area contributed by atoms with Crippen molar-refractivity contribution < 1.29 is 14.3 Å². The van der Waals surface area contributed by atoms with Crippen molar-refractivity contribution in [1.82, 2.24) is 20.1 Å². The van der Waals surface area contributed by atoms with Crippen LogP contribution in [-0.4, -0.2) is 33.5 Å². The second-order valence-corrected chi connectivity index (χ2v) is 7.80. The van der Waals surface area contributed by atoms with Gasteiger partial charge in [-0.1, -0.05) is 36.4 Å². The average molecular weight is 404 g/mol. The molecule has 1 atom stereocenters. The number of aromatic nitrogens is 3. The summed E-state index contributed by atoms with van der Waals surface area (Å²) in [4.78, 5) is 12.6. The molecule has 1 N–H and O–H groups in total. The SMILES string of the molecule is O=C(Cc1ccc2c(c1)OCO2)NC1CCc2nnc(Cc3ccccc3)n2CC1. The van der Waals surface area contributed by atoms with E-state index in [1.54, 1.807) is 0 Å². The maximum absolute atomic E-state index is 12.6. The fraction of sp³-hybridized carbons (Fsp3) is 0.348. The summed E-state index contributed by atoms with van der Waals surface area (Å²) in [5.74, 6) is 3.47. The number of carbonyl (C=O) groups excluding carboxylic acids is 1. The van der Waals surface area contributed by atoms with Gasteiger partial charge in [0.15, 0.2) is 11.5 Å². The Bertz CT molecular complexity index is 1050. The van der Waals surface area contributed by atoms with Crippen LogP contribution in [-0.2, 0) is 30.6 Å². The lowest BCUT2D eigenvalue weighted by Gasteiger charge is -2.16. The number of aryl methyl sites for hydroxylation is 1. The Morgan fingerprint density at radius 1 is 1.03 bits per heavy atom. The largest absolute Gasteiger partial charge is 0.454 e. The van der Waals surface area contributed by atoms with E-state index in [0.717, 1.165) is 55.2 Å². The van der Waals surface area contributed by atoms with Crippen molar-refractivity contribution in [2.45, 2.75) is 44.7 Å². The number of amides is 1. The quantitative estimate of drug-likeness (QED) is 0.707. The molecule has 5 rings (SSSR count). The van der Waals surface area contributed by atoms with E-state index in [9.17, 15) is 4.79 Å². The van der Waals surface area contributed by atoms with Crippen molar-refractivity contribution in [3.63, 3.8) is 0 Å². The molecule has 0 saturated heterocycles. The molecule has 154 valence electrons. The Morgan fingerprint density at radius 3 is 2.80 bits per heavy atom. The fourth-order valence-corrected chi connectivity index (χ4v) is 4.12. The van der Waals surface area contributed by atoms with Gasteiger partial charge >= 0.3 is 0 Å². The molecule has 3 aromatic rings. The zero-order valence-electron chi connectivity index (χ0n) is 16.7. The van der Waals surface area contributed by atoms with Crippen LogP contribution in [0.25, 0.3) is 0 Å². The summed E-state index contributed by atoms with van der Waals surface area (Å²) in [6.45, 7) is 1.06. The van der Waals surface area contributed by atoms with E-state index in [2.05, 4.69) is 32.2 Å². The van der Waals surface area contributed by atoms with Crippen molar-refractivity contribution in [1.29, 1.82) is 0 Å². The van der Waals surface area contributed by atoms with Crippen LogP contribution in [0.4, 0.5) is 0 Å². The molecule has 2 aromatic carbocycles. The number of nitrogens with zero attached hydrogens (tertiary/aromatic N) is 3. The molecule has 0 bridgehead atoms. The summed E-state index contributed by atoms with van der Waals surface area (Å²) in [5, 5.41) is 12.0. The first-order chi connectivity index (χ1) is 14.7. The number of rotatable bonds is 5. The zero-order chi connectivity index (χ0) is 20.3. The second-order valence-electron chi connectivity index (χ2n) is 7.80. The lowest BCUT2D eigenvalue weighted by molar-refractivity contribution is -0.121. The summed E-state index contributed by atoms with van der Waals surface area (Å²) in [7, 11) is 0. The van der Waals surface area contributed by atoms with Gasteiger partial charge in [0.1, 0.15) is 11.6 Å². The maximum atomic E-state index is 12.6. The van der Waals surface area contributed by atoms with Gasteiger partial charge in [-0.25, -0.2) is 0 Å². The lowest BCUT2D eigenvalue weighted by atomic mass is 10.1. The van der Waals surface area contributed by atoms with Crippen molar-refractivity contribution in [2.75, 3.05) is 6.79 Å². The van der Waals surface area contributed by atoms with Crippen molar-refractivity contribution >= 4 is 5.91 Å². The van der Waals surface area contributed by atoms with Gasteiger partial charge in [0.25, 0.3) is 0 Å². The molecule has 1 amide bonds. The van der Waals surface area contributed by atoms with Crippen LogP contribution in [0.5, 0.6) is 11.5 Å². The van der Waals surface area contributed by atoms with Crippen LogP contribution >= 0.6 is 0 Å². The van der Waals surface area contributed by atoms with E-state index < -0.39 is 0 Å². The number of ether oxygens (including phenoxy) is 2. The summed E-state index contributed by atoms with van der Waals surface area (Å²) in [5.41, 5.74) is 2.15. The van der Waals surface area contributed by atoms with Gasteiger partial charge in [0.2, 0.25) is 12.7 Å². The molecule has 7 heteroatoms. The molecular weight excluding hydrogens is 380 g/mol. The van der Waals surface area contributed by atoms with Gasteiger partial charge in [0.05, 0.1) is 6.42 Å². The third-order valence-corrected chi connectivity index (χ3v) is 5.69. The highest BCUT2D eigenvalue weighted by atomic mass is 16.7. The summed E-state index contributed by atoms with van der Waals surface area (Å²) < 4.78 is 12.9. The van der Waals surface area contributed by atoms with Crippen LogP contribution in [0, 0.1) is 0 Å². The van der Waals surface area contributed by atoms with E-state index in [4.69, 9.17) is 9.47 Å². The molecule has 1 unspecified atom stereocenters. The Hall–Kier alpha value is -3.35. The Labute approximate surface area is 175 Å². The third kappa shape index (κ3) is 4.01. The van der Waals surface area contributed by atoms with E-state index >= 15 is 0 Å². The molecule has 1 aromatic heterocycles. The first-order valence-electron chi connectivity index (χ1n) is 10.4. The van der Waals surface area contributed by atoms with Crippen molar-refractivity contribution in [3.8, 4) is 11.5 Å². The van der Waals surface area contributed by atoms with Crippen LogP contribution < -0.4 is 14.8 Å². The molecule has 0 fully saturated rings. The minimum Gasteiger partial charge on any atom is -0.454 e. The van der Waals surface area contributed by atoms with Crippen molar-refractivity contribution in [2.24, 2.45) is 0 Å². The van der Waals surface area contributed by atoms with Gasteiger partial charge < -0.3 is 19.4 Å². The Balaban J connectivity index is 1.19. The summed E-state index contributed by atoms with van der Waals surface area (Å²) in [6, 6.07) is 16.1. The Kier molecular flexibility index (Phi) is 5.09. The number of carbonyl (C=O) groups is 1. The third-order valence-electron chi connectivity index (χ3n) is 5.69. The summed E-state index contributed by atoms with van der Waals surface area (Å²) >= 11 is 0. The second kappa shape index (κ2) is 8.18. The van der Waals surface area contributed by atoms with E-state index in [-0.39, 0.29) is 18.7 Å². The maximum Gasteiger partial charge on any atom is 0.231 e. The highest BCUT2D eigenvalue weighted by Crippen LogP contribution is 2.32. The first kappa shape index (κ1) is 18.7. The van der Waals surface area contributed by atoms with Crippen LogP contribution in [0.15, 0.2) is 48.5 Å². The normalized spacial score (nSPS) is 17.3. The number of nitrogens with one attached hydrogen (secondary N) is 1. The van der Waals surface area contributed by atoms with Gasteiger partial charge in [0, 0.05) is 25.4 Å². The van der Waals surface area contributed by atoms with Crippen LogP contribution in [0.3, 0.4) is 0 Å². The molecule has 3 heterocycles. The molecule has 0 radical (unpaired) electrons. The van der Waals surface area contributed by atoms with Gasteiger partial charge in [-0.2, -0.15) is 0 Å². The molecule has 2 aliphatic heterocycles. The van der Waals surface area contributed by atoms with E-state index in [1.165, 1.54) is 5.56 Å². The first-order valence-corrected chi connectivity index (χ1v) is 10.4. The number of benzene rings is 2. The highest BCUT2D eigenvalue weighted by Gasteiger charge is 2.22. The molecule has 30 heavy (non-hydrogen) atoms. The van der Waals surface area contributed by atoms with E-state index in [0.29, 0.717) is 12.2 Å². The highest BCUT2D eigenvalue weighted by molar-refractivity contribution is 5.79. The molecule has 2 aliphatic rings. The lowest BCUT2D eigenvalue weighted by Crippen LogP contribution is -2.36. The van der Waals surface area contributed by atoms with Gasteiger partial charge in [-0.3, -0.25) is 4.79 Å². The minimum absolute atomic E-state index is 0.0287. The predicted molar refractivity (Wildman–Crippen MR) is 110 cm³/mol. The summed E-state index contributed by atoms with van der Waals surface area (Å²) in [6.07, 6.45) is 3.67. The molecule has 0 saturated carbocycles. The van der Waals surface area contributed by atoms with E-state index in [1.807, 2.05) is 36.4 Å². The van der Waals surface area contributed by atoms with Gasteiger partial charge in [-0.05, 0) is 36.1 Å². The molecule has 0 aliphatic carbocycles. The number of fused-ring (bicyclic) bond motifs is 2. The molecule has 0 spiro atoms. The van der Waals surface area contributed by atoms with Crippen LogP contribution in [0.2, 0.25) is 0 Å². The number of hydrogen-bond donors (Lipinski definition) is 1. The average Bonchev–Trinajstić information content (AvgIpc) is 3.32. The standard InChI is InChI=1S/C23H24N4O3/c28-23(14-17-6-8-19-20(12-17)30-15-29-19)24-18-7-9-21-25-26-22(27(21)11-10-18)13-16-4-2-1-3-5-16/h1-6,8,12,18H,7,9-11,13-15H2,(H,24,28). The predicted octanol–water partition coefficient (Wildman–Crippen LogP) is 2.66. The molecular formula is C23H24N4O3. The smallest absolute Gasteiger partial charge is 0.231 e. The minimum atomic E-state index is 0.0287. The Morgan fingerprint density at radius 2 is 1.90 bits per heavy atom. The monoisotopic (exact) mass is 404 g/mol. The van der Waals surface area contributed by atoms with Crippen LogP contribution in [0.1, 0.15) is 35.6 Å².